The van der Waals surface area contributed by atoms with Crippen molar-refractivity contribution in [3.8, 4) is 0 Å². The van der Waals surface area contributed by atoms with E-state index in [4.69, 9.17) is 10.6 Å². The first-order chi connectivity index (χ1) is 6.97. The summed E-state index contributed by atoms with van der Waals surface area (Å²) in [4.78, 5) is 13.1. The van der Waals surface area contributed by atoms with Gasteiger partial charge in [0.2, 0.25) is 5.91 Å². The number of rotatable bonds is 7. The third-order valence-corrected chi connectivity index (χ3v) is 2.29. The molecule has 5 nitrogen and oxygen atoms in total. The molecule has 0 aliphatic heterocycles. The number of likely N-dealkylation sites (N-methyl/N-ethyl adjacent to an activating group) is 1. The number of nitrogens with two attached hydrogens (primary N) is 1. The van der Waals surface area contributed by atoms with Crippen LogP contribution in [0.3, 0.4) is 0 Å². The Morgan fingerprint density at radius 1 is 1.47 bits per heavy atom. The summed E-state index contributed by atoms with van der Waals surface area (Å²) in [6.45, 7) is 7.50. The smallest absolute Gasteiger partial charge is 0.235 e. The van der Waals surface area contributed by atoms with Gasteiger partial charge in [0.05, 0.1) is 12.7 Å². The molecule has 0 saturated heterocycles. The van der Waals surface area contributed by atoms with Crippen molar-refractivity contribution >= 4 is 5.91 Å². The van der Waals surface area contributed by atoms with Crippen LogP contribution in [0.4, 0.5) is 0 Å². The maximum atomic E-state index is 11.0. The van der Waals surface area contributed by atoms with E-state index in [-0.39, 0.29) is 18.1 Å². The van der Waals surface area contributed by atoms with Gasteiger partial charge in [0.25, 0.3) is 0 Å². The van der Waals surface area contributed by atoms with E-state index in [0.717, 1.165) is 6.54 Å². The van der Waals surface area contributed by atoms with Crippen molar-refractivity contribution in [3.63, 3.8) is 0 Å². The lowest BCUT2D eigenvalue weighted by atomic mass is 10.2. The third-order valence-electron chi connectivity index (χ3n) is 2.29. The van der Waals surface area contributed by atoms with Crippen LogP contribution in [0.5, 0.6) is 0 Å². The largest absolute Gasteiger partial charge is 0.377 e. The second-order valence-corrected chi connectivity index (χ2v) is 4.02. The predicted octanol–water partition coefficient (Wildman–Crippen LogP) is 0.112. The number of ether oxygens (including phenoxy) is 1. The molecule has 3 N–H and O–H groups in total. The Morgan fingerprint density at radius 2 is 2.07 bits per heavy atom. The molecule has 0 aromatic rings. The van der Waals surface area contributed by atoms with Gasteiger partial charge < -0.3 is 9.64 Å². The van der Waals surface area contributed by atoms with E-state index >= 15 is 0 Å². The van der Waals surface area contributed by atoms with Gasteiger partial charge >= 0.3 is 0 Å². The monoisotopic (exact) mass is 217 g/mol. The number of amides is 1. The minimum Gasteiger partial charge on any atom is -0.377 e. The zero-order valence-corrected chi connectivity index (χ0v) is 10.1. The molecular formula is C10H23N3O2. The van der Waals surface area contributed by atoms with E-state index in [2.05, 4.69) is 10.3 Å². The average Bonchev–Trinajstić information content (AvgIpc) is 2.16. The quantitative estimate of drug-likeness (QED) is 0.361. The van der Waals surface area contributed by atoms with Crippen LogP contribution in [0, 0.1) is 0 Å². The number of carbonyl (C=O) groups is 1. The van der Waals surface area contributed by atoms with Crippen LogP contribution < -0.4 is 11.3 Å². The van der Waals surface area contributed by atoms with Crippen molar-refractivity contribution in [1.29, 1.82) is 0 Å². The van der Waals surface area contributed by atoms with Crippen LogP contribution in [-0.2, 0) is 9.53 Å². The Kier molecular flexibility index (Phi) is 7.29. The molecule has 0 rings (SSSR count). The Hall–Kier alpha value is -0.650. The molecule has 0 aromatic heterocycles. The maximum Gasteiger partial charge on any atom is 0.235 e. The molecule has 1 amide bonds. The van der Waals surface area contributed by atoms with Gasteiger partial charge in [-0.1, -0.05) is 0 Å². The van der Waals surface area contributed by atoms with Crippen LogP contribution in [0.25, 0.3) is 0 Å². The van der Waals surface area contributed by atoms with Gasteiger partial charge in [-0.2, -0.15) is 0 Å². The summed E-state index contributed by atoms with van der Waals surface area (Å²) < 4.78 is 5.43. The first-order valence-electron chi connectivity index (χ1n) is 5.28. The molecule has 0 radical (unpaired) electrons. The Balaban J connectivity index is 3.68. The van der Waals surface area contributed by atoms with Crippen LogP contribution in [0.15, 0.2) is 0 Å². The van der Waals surface area contributed by atoms with Gasteiger partial charge in [-0.3, -0.25) is 10.2 Å². The normalized spacial score (nSPS) is 13.3. The molecule has 0 fully saturated rings. The summed E-state index contributed by atoms with van der Waals surface area (Å²) in [5.41, 5.74) is 2.13. The zero-order valence-electron chi connectivity index (χ0n) is 10.1. The van der Waals surface area contributed by atoms with Crippen molar-refractivity contribution in [2.45, 2.75) is 39.3 Å². The molecular weight excluding hydrogens is 194 g/mol. The molecule has 0 spiro atoms. The topological polar surface area (TPSA) is 67.6 Å². The van der Waals surface area contributed by atoms with Crippen LogP contribution in [0.1, 0.15) is 27.2 Å². The standard InChI is InChI=1S/C10H23N3O2/c1-8(2)15-6-5-13(4)9(3)7-10(14)12-11/h8-9H,5-7,11H2,1-4H3,(H,12,14). The average molecular weight is 217 g/mol. The summed E-state index contributed by atoms with van der Waals surface area (Å²) >= 11 is 0. The summed E-state index contributed by atoms with van der Waals surface area (Å²) in [5.74, 6) is 4.88. The van der Waals surface area contributed by atoms with Crippen LogP contribution >= 0.6 is 0 Å². The predicted molar refractivity (Wildman–Crippen MR) is 60.1 cm³/mol. The summed E-state index contributed by atoms with van der Waals surface area (Å²) in [6, 6.07) is 0.171. The Morgan fingerprint density at radius 3 is 2.53 bits per heavy atom. The van der Waals surface area contributed by atoms with Crippen molar-refractivity contribution in [2.24, 2.45) is 5.84 Å². The van der Waals surface area contributed by atoms with Crippen LogP contribution in [-0.4, -0.2) is 43.2 Å². The van der Waals surface area contributed by atoms with Gasteiger partial charge in [-0.15, -0.1) is 0 Å². The molecule has 0 aromatic carbocycles. The first-order valence-corrected chi connectivity index (χ1v) is 5.28. The number of hydrogen-bond donors (Lipinski definition) is 2. The fourth-order valence-corrected chi connectivity index (χ4v) is 1.14. The van der Waals surface area contributed by atoms with Gasteiger partial charge in [0, 0.05) is 19.0 Å². The lowest BCUT2D eigenvalue weighted by Gasteiger charge is -2.24. The van der Waals surface area contributed by atoms with E-state index in [9.17, 15) is 4.79 Å². The van der Waals surface area contributed by atoms with E-state index < -0.39 is 0 Å². The molecule has 0 aliphatic carbocycles. The van der Waals surface area contributed by atoms with E-state index in [0.29, 0.717) is 13.0 Å². The minimum atomic E-state index is -0.140. The summed E-state index contributed by atoms with van der Waals surface area (Å²) in [7, 11) is 1.97. The van der Waals surface area contributed by atoms with Crippen molar-refractivity contribution in [2.75, 3.05) is 20.2 Å². The van der Waals surface area contributed by atoms with E-state index in [1.165, 1.54) is 0 Å². The molecule has 0 aliphatic rings. The highest BCUT2D eigenvalue weighted by Crippen LogP contribution is 2.00. The molecule has 0 bridgehead atoms. The number of nitrogens with one attached hydrogen (secondary N) is 1. The summed E-state index contributed by atoms with van der Waals surface area (Å²) in [5, 5.41) is 0. The van der Waals surface area contributed by atoms with Gasteiger partial charge in [0.15, 0.2) is 0 Å². The molecule has 5 heteroatoms. The Bertz CT molecular complexity index is 186. The minimum absolute atomic E-state index is 0.140. The second kappa shape index (κ2) is 7.62. The fraction of sp³-hybridized carbons (Fsp3) is 0.900. The van der Waals surface area contributed by atoms with Gasteiger partial charge in [0.1, 0.15) is 0 Å². The first kappa shape index (κ1) is 14.3. The molecule has 1 atom stereocenters. The van der Waals surface area contributed by atoms with Gasteiger partial charge in [-0.05, 0) is 27.8 Å². The molecule has 15 heavy (non-hydrogen) atoms. The third kappa shape index (κ3) is 7.30. The van der Waals surface area contributed by atoms with Gasteiger partial charge in [-0.25, -0.2) is 5.84 Å². The van der Waals surface area contributed by atoms with Crippen molar-refractivity contribution in [3.05, 3.63) is 0 Å². The highest BCUT2D eigenvalue weighted by molar-refractivity contribution is 5.75. The van der Waals surface area contributed by atoms with E-state index in [1.807, 2.05) is 27.8 Å². The lowest BCUT2D eigenvalue weighted by Crippen LogP contribution is -2.39. The van der Waals surface area contributed by atoms with Crippen molar-refractivity contribution in [1.82, 2.24) is 10.3 Å². The van der Waals surface area contributed by atoms with Crippen LogP contribution in [0.2, 0.25) is 0 Å². The second-order valence-electron chi connectivity index (χ2n) is 4.02. The zero-order chi connectivity index (χ0) is 11.8. The number of hydrazine groups is 1. The summed E-state index contributed by atoms with van der Waals surface area (Å²) in [6.07, 6.45) is 0.662. The lowest BCUT2D eigenvalue weighted by molar-refractivity contribution is -0.122. The Labute approximate surface area is 91.9 Å². The molecule has 0 saturated carbocycles. The van der Waals surface area contributed by atoms with E-state index in [1.54, 1.807) is 0 Å². The molecule has 1 unspecified atom stereocenters. The number of nitrogens with zero attached hydrogens (tertiary/aromatic N) is 1. The molecule has 0 heterocycles. The maximum absolute atomic E-state index is 11.0. The molecule has 90 valence electrons. The number of hydrogen-bond acceptors (Lipinski definition) is 4. The fourth-order valence-electron chi connectivity index (χ4n) is 1.14. The SMILES string of the molecule is CC(C)OCCN(C)C(C)CC(=O)NN. The highest BCUT2D eigenvalue weighted by atomic mass is 16.5. The van der Waals surface area contributed by atoms with Crippen molar-refractivity contribution < 1.29 is 9.53 Å². The number of carbonyl (C=O) groups excluding carboxylic acids is 1. The highest BCUT2D eigenvalue weighted by Gasteiger charge is 2.12.